The number of aryl methyl sites for hydroxylation is 2. The number of nitrogens with two attached hydrogens (primary N) is 1. The summed E-state index contributed by atoms with van der Waals surface area (Å²) in [6.45, 7) is 3.02. The van der Waals surface area contributed by atoms with E-state index in [1.54, 1.807) is 10.9 Å². The first-order valence-corrected chi connectivity index (χ1v) is 8.20. The van der Waals surface area contributed by atoms with Gasteiger partial charge in [0.15, 0.2) is 5.69 Å². The summed E-state index contributed by atoms with van der Waals surface area (Å²) in [4.78, 5) is 12.3. The minimum atomic E-state index is -0.210. The summed E-state index contributed by atoms with van der Waals surface area (Å²) in [7, 11) is 0. The number of carbonyl (C=O) groups is 1. The minimum Gasteiger partial charge on any atom is -0.344 e. The quantitative estimate of drug-likeness (QED) is 0.878. The lowest BCUT2D eigenvalue weighted by atomic mass is 9.89. The van der Waals surface area contributed by atoms with Crippen LogP contribution in [-0.2, 0) is 19.4 Å². The number of nitrogens with zero attached hydrogens (tertiary/aromatic N) is 3. The van der Waals surface area contributed by atoms with Crippen molar-refractivity contribution in [3.8, 4) is 0 Å². The number of rotatable bonds is 5. The number of fused-ring (bicyclic) bond motifs is 1. The molecule has 1 aromatic carbocycles. The zero-order valence-electron chi connectivity index (χ0n) is 13.5. The highest BCUT2D eigenvalue weighted by Crippen LogP contribution is 2.24. The Bertz CT molecular complexity index is 694. The number of hydrogen-bond donors (Lipinski definition) is 2. The van der Waals surface area contributed by atoms with Crippen molar-refractivity contribution in [1.82, 2.24) is 20.3 Å². The number of carbonyl (C=O) groups excluding carboxylic acids is 1. The third kappa shape index (κ3) is 3.59. The molecule has 0 aliphatic heterocycles. The summed E-state index contributed by atoms with van der Waals surface area (Å²) in [6.07, 6.45) is 6.46. The molecule has 1 atom stereocenters. The summed E-state index contributed by atoms with van der Waals surface area (Å²) in [5.74, 6) is -0.210. The maximum Gasteiger partial charge on any atom is 0.273 e. The molecule has 122 valence electrons. The van der Waals surface area contributed by atoms with Crippen LogP contribution in [0.2, 0.25) is 0 Å². The van der Waals surface area contributed by atoms with E-state index in [1.807, 2.05) is 6.92 Å². The van der Waals surface area contributed by atoms with E-state index in [1.165, 1.54) is 30.4 Å². The Balaban J connectivity index is 1.68. The third-order valence-corrected chi connectivity index (χ3v) is 4.35. The molecule has 1 aliphatic carbocycles. The van der Waals surface area contributed by atoms with Crippen molar-refractivity contribution in [1.29, 1.82) is 0 Å². The van der Waals surface area contributed by atoms with Crippen LogP contribution in [0.1, 0.15) is 53.0 Å². The van der Waals surface area contributed by atoms with Crippen molar-refractivity contribution in [2.45, 2.75) is 45.2 Å². The highest BCUT2D eigenvalue weighted by molar-refractivity contribution is 5.92. The lowest BCUT2D eigenvalue weighted by molar-refractivity contribution is 0.0934. The van der Waals surface area contributed by atoms with E-state index in [4.69, 9.17) is 5.73 Å². The Hall–Kier alpha value is -2.21. The highest BCUT2D eigenvalue weighted by atomic mass is 16.2. The molecule has 0 saturated carbocycles. The van der Waals surface area contributed by atoms with Gasteiger partial charge in [0.1, 0.15) is 0 Å². The van der Waals surface area contributed by atoms with Crippen LogP contribution in [-0.4, -0.2) is 27.4 Å². The van der Waals surface area contributed by atoms with Crippen LogP contribution in [0.4, 0.5) is 0 Å². The van der Waals surface area contributed by atoms with Crippen molar-refractivity contribution in [3.63, 3.8) is 0 Å². The fourth-order valence-corrected chi connectivity index (χ4v) is 3.02. The van der Waals surface area contributed by atoms with Gasteiger partial charge in [-0.15, -0.1) is 5.10 Å². The first-order chi connectivity index (χ1) is 11.2. The smallest absolute Gasteiger partial charge is 0.273 e. The second-order valence-electron chi connectivity index (χ2n) is 6.09. The van der Waals surface area contributed by atoms with Gasteiger partial charge in [-0.2, -0.15) is 0 Å². The van der Waals surface area contributed by atoms with E-state index in [0.29, 0.717) is 18.8 Å². The van der Waals surface area contributed by atoms with Crippen LogP contribution >= 0.6 is 0 Å². The van der Waals surface area contributed by atoms with Crippen LogP contribution in [0.15, 0.2) is 24.4 Å². The molecule has 1 heterocycles. The largest absolute Gasteiger partial charge is 0.344 e. The van der Waals surface area contributed by atoms with Crippen LogP contribution in [0.5, 0.6) is 0 Å². The van der Waals surface area contributed by atoms with Crippen molar-refractivity contribution < 1.29 is 4.79 Å². The Labute approximate surface area is 136 Å². The van der Waals surface area contributed by atoms with Crippen LogP contribution in [0.25, 0.3) is 0 Å². The van der Waals surface area contributed by atoms with Crippen molar-refractivity contribution in [2.75, 3.05) is 6.54 Å². The molecule has 3 N–H and O–H groups in total. The summed E-state index contributed by atoms with van der Waals surface area (Å²) in [6, 6.07) is 6.48. The Kier molecular flexibility index (Phi) is 4.71. The maximum atomic E-state index is 12.3. The number of amides is 1. The molecule has 0 radical (unpaired) electrons. The summed E-state index contributed by atoms with van der Waals surface area (Å²) >= 11 is 0. The fourth-order valence-electron chi connectivity index (χ4n) is 3.02. The van der Waals surface area contributed by atoms with E-state index < -0.39 is 0 Å². The van der Waals surface area contributed by atoms with Gasteiger partial charge in [0.2, 0.25) is 0 Å². The average Bonchev–Trinajstić information content (AvgIpc) is 3.03. The van der Waals surface area contributed by atoms with Gasteiger partial charge in [-0.05, 0) is 49.3 Å². The summed E-state index contributed by atoms with van der Waals surface area (Å²) in [5.41, 5.74) is 9.79. The molecular formula is C17H23N5O. The zero-order valence-corrected chi connectivity index (χ0v) is 13.5. The van der Waals surface area contributed by atoms with Crippen molar-refractivity contribution >= 4 is 5.91 Å². The van der Waals surface area contributed by atoms with Crippen molar-refractivity contribution in [3.05, 3.63) is 46.8 Å². The normalized spacial score (nSPS) is 15.0. The number of aromatic nitrogens is 3. The molecular weight excluding hydrogens is 290 g/mol. The van der Waals surface area contributed by atoms with Crippen molar-refractivity contribution in [2.24, 2.45) is 5.73 Å². The van der Waals surface area contributed by atoms with Gasteiger partial charge in [-0.1, -0.05) is 23.4 Å². The Morgan fingerprint density at radius 3 is 2.91 bits per heavy atom. The van der Waals surface area contributed by atoms with Gasteiger partial charge >= 0.3 is 0 Å². The molecule has 1 aliphatic rings. The van der Waals surface area contributed by atoms with E-state index >= 15 is 0 Å². The Morgan fingerprint density at radius 1 is 1.35 bits per heavy atom. The molecule has 0 unspecified atom stereocenters. The SMILES string of the molecule is C[C@@H](NC(=O)c1cn(CCN)nn1)c1ccc2c(c1)CCCC2. The van der Waals surface area contributed by atoms with Gasteiger partial charge < -0.3 is 11.1 Å². The molecule has 0 bridgehead atoms. The monoisotopic (exact) mass is 313 g/mol. The van der Waals surface area contributed by atoms with Gasteiger partial charge in [0.25, 0.3) is 5.91 Å². The molecule has 0 spiro atoms. The molecule has 6 nitrogen and oxygen atoms in total. The Morgan fingerprint density at radius 2 is 2.13 bits per heavy atom. The third-order valence-electron chi connectivity index (χ3n) is 4.35. The molecule has 0 saturated heterocycles. The molecule has 23 heavy (non-hydrogen) atoms. The lowest BCUT2D eigenvalue weighted by Gasteiger charge is -2.19. The van der Waals surface area contributed by atoms with Gasteiger partial charge in [0, 0.05) is 6.54 Å². The molecule has 1 amide bonds. The lowest BCUT2D eigenvalue weighted by Crippen LogP contribution is -2.27. The fraction of sp³-hybridized carbons (Fsp3) is 0.471. The topological polar surface area (TPSA) is 85.8 Å². The molecule has 3 rings (SSSR count). The van der Waals surface area contributed by atoms with E-state index in [9.17, 15) is 4.79 Å². The second-order valence-corrected chi connectivity index (χ2v) is 6.09. The first-order valence-electron chi connectivity index (χ1n) is 8.20. The van der Waals surface area contributed by atoms with E-state index in [2.05, 4.69) is 33.8 Å². The summed E-state index contributed by atoms with van der Waals surface area (Å²) in [5, 5.41) is 10.8. The van der Waals surface area contributed by atoms with E-state index in [-0.39, 0.29) is 11.9 Å². The van der Waals surface area contributed by atoms with E-state index in [0.717, 1.165) is 12.0 Å². The zero-order chi connectivity index (χ0) is 16.2. The van der Waals surface area contributed by atoms with Gasteiger partial charge in [0.05, 0.1) is 18.8 Å². The minimum absolute atomic E-state index is 0.0608. The predicted molar refractivity (Wildman–Crippen MR) is 88.0 cm³/mol. The second kappa shape index (κ2) is 6.91. The van der Waals surface area contributed by atoms with Crippen LogP contribution in [0.3, 0.4) is 0 Å². The first kappa shape index (κ1) is 15.7. The number of nitrogens with one attached hydrogen (secondary N) is 1. The molecule has 2 aromatic rings. The van der Waals surface area contributed by atoms with Crippen LogP contribution in [0, 0.1) is 0 Å². The highest BCUT2D eigenvalue weighted by Gasteiger charge is 2.16. The molecule has 6 heteroatoms. The standard InChI is InChI=1S/C17H23N5O/c1-12(14-7-6-13-4-2-3-5-15(13)10-14)19-17(23)16-11-22(9-8-18)21-20-16/h6-7,10-12H,2-5,8-9,18H2,1H3,(H,19,23)/t12-/m1/s1. The average molecular weight is 313 g/mol. The molecule has 1 aromatic heterocycles. The van der Waals surface area contributed by atoms with Crippen LogP contribution < -0.4 is 11.1 Å². The predicted octanol–water partition coefficient (Wildman–Crippen LogP) is 1.61. The number of hydrogen-bond acceptors (Lipinski definition) is 4. The maximum absolute atomic E-state index is 12.3. The van der Waals surface area contributed by atoms with Gasteiger partial charge in [-0.3, -0.25) is 9.48 Å². The molecule has 0 fully saturated rings. The number of benzene rings is 1. The van der Waals surface area contributed by atoms with Gasteiger partial charge in [-0.25, -0.2) is 0 Å². The summed E-state index contributed by atoms with van der Waals surface area (Å²) < 4.78 is 1.58.